The van der Waals surface area contributed by atoms with Gasteiger partial charge in [0.15, 0.2) is 0 Å². The van der Waals surface area contributed by atoms with Gasteiger partial charge in [0.25, 0.3) is 0 Å². The lowest BCUT2D eigenvalue weighted by Gasteiger charge is -2.06. The van der Waals surface area contributed by atoms with Gasteiger partial charge in [0.1, 0.15) is 0 Å². The number of rotatable bonds is 6. The third-order valence-electron chi connectivity index (χ3n) is 2.72. The fourth-order valence-corrected chi connectivity index (χ4v) is 2.04. The summed E-state index contributed by atoms with van der Waals surface area (Å²) in [7, 11) is 1.68. The van der Waals surface area contributed by atoms with Gasteiger partial charge in [0, 0.05) is 31.3 Å². The van der Waals surface area contributed by atoms with Crippen molar-refractivity contribution in [3.8, 4) is 11.3 Å². The Bertz CT molecular complexity index is 542. The molecule has 0 aliphatic rings. The van der Waals surface area contributed by atoms with E-state index < -0.39 is 0 Å². The first kappa shape index (κ1) is 14.3. The summed E-state index contributed by atoms with van der Waals surface area (Å²) in [5.74, 6) is 0. The van der Waals surface area contributed by atoms with Crippen LogP contribution in [0.15, 0.2) is 24.4 Å². The maximum absolute atomic E-state index is 6.03. The Labute approximate surface area is 122 Å². The first-order valence-corrected chi connectivity index (χ1v) is 6.65. The standard InChI is InChI=1S/C13H15Cl2N3O/c1-19-5-4-16-7-10-8-17-18-13(10)9-2-3-11(14)12(15)6-9/h2-3,6,8,16H,4-5,7H2,1H3,(H,17,18). The van der Waals surface area contributed by atoms with Gasteiger partial charge < -0.3 is 10.1 Å². The van der Waals surface area contributed by atoms with Gasteiger partial charge in [-0.2, -0.15) is 5.10 Å². The summed E-state index contributed by atoms with van der Waals surface area (Å²) < 4.78 is 4.99. The van der Waals surface area contributed by atoms with Crippen molar-refractivity contribution in [2.24, 2.45) is 0 Å². The van der Waals surface area contributed by atoms with Crippen LogP contribution in [0.3, 0.4) is 0 Å². The normalized spacial score (nSPS) is 10.9. The highest BCUT2D eigenvalue weighted by Crippen LogP contribution is 2.29. The Morgan fingerprint density at radius 2 is 2.16 bits per heavy atom. The lowest BCUT2D eigenvalue weighted by Crippen LogP contribution is -2.18. The molecule has 0 atom stereocenters. The molecule has 1 aromatic heterocycles. The van der Waals surface area contributed by atoms with E-state index in [0.29, 0.717) is 16.7 Å². The summed E-state index contributed by atoms with van der Waals surface area (Å²) in [6.45, 7) is 2.19. The first-order chi connectivity index (χ1) is 9.22. The molecular weight excluding hydrogens is 285 g/mol. The second kappa shape index (κ2) is 6.91. The molecule has 2 rings (SSSR count). The van der Waals surface area contributed by atoms with Crippen LogP contribution < -0.4 is 5.32 Å². The van der Waals surface area contributed by atoms with E-state index in [1.54, 1.807) is 19.4 Å². The molecule has 0 saturated carbocycles. The fraction of sp³-hybridized carbons (Fsp3) is 0.308. The van der Waals surface area contributed by atoms with Gasteiger partial charge in [-0.3, -0.25) is 5.10 Å². The molecule has 2 N–H and O–H groups in total. The molecule has 0 fully saturated rings. The second-order valence-corrected chi connectivity index (χ2v) is 4.88. The van der Waals surface area contributed by atoms with Crippen molar-refractivity contribution in [3.05, 3.63) is 40.0 Å². The number of benzene rings is 1. The maximum atomic E-state index is 6.03. The van der Waals surface area contributed by atoms with Crippen molar-refractivity contribution >= 4 is 23.2 Å². The molecule has 0 unspecified atom stereocenters. The predicted molar refractivity (Wildman–Crippen MR) is 77.6 cm³/mol. The highest BCUT2D eigenvalue weighted by molar-refractivity contribution is 6.42. The molecule has 6 heteroatoms. The van der Waals surface area contributed by atoms with Crippen LogP contribution in [0.2, 0.25) is 10.0 Å². The van der Waals surface area contributed by atoms with Crippen LogP contribution in [0.25, 0.3) is 11.3 Å². The molecule has 0 bridgehead atoms. The van der Waals surface area contributed by atoms with Crippen LogP contribution in [-0.4, -0.2) is 30.5 Å². The van der Waals surface area contributed by atoms with E-state index in [0.717, 1.165) is 29.9 Å². The number of ether oxygens (including phenoxy) is 1. The molecule has 0 radical (unpaired) electrons. The molecule has 0 aliphatic carbocycles. The van der Waals surface area contributed by atoms with Crippen LogP contribution in [0, 0.1) is 0 Å². The third-order valence-corrected chi connectivity index (χ3v) is 3.46. The summed E-state index contributed by atoms with van der Waals surface area (Å²) in [6, 6.07) is 5.53. The van der Waals surface area contributed by atoms with Crippen molar-refractivity contribution < 1.29 is 4.74 Å². The molecular formula is C13H15Cl2N3O. The minimum atomic E-state index is 0.534. The van der Waals surface area contributed by atoms with Crippen LogP contribution in [0.5, 0.6) is 0 Å². The second-order valence-electron chi connectivity index (χ2n) is 4.07. The zero-order valence-corrected chi connectivity index (χ0v) is 12.1. The van der Waals surface area contributed by atoms with Crippen molar-refractivity contribution in [1.29, 1.82) is 0 Å². The molecule has 0 aliphatic heterocycles. The number of hydrogen-bond acceptors (Lipinski definition) is 3. The van der Waals surface area contributed by atoms with E-state index in [1.165, 1.54) is 0 Å². The highest BCUT2D eigenvalue weighted by Gasteiger charge is 2.09. The Hall–Kier alpha value is -1.07. The van der Waals surface area contributed by atoms with Gasteiger partial charge in [-0.25, -0.2) is 0 Å². The Balaban J connectivity index is 2.12. The number of nitrogens with zero attached hydrogens (tertiary/aromatic N) is 1. The monoisotopic (exact) mass is 299 g/mol. The van der Waals surface area contributed by atoms with Crippen LogP contribution in [0.1, 0.15) is 5.56 Å². The van der Waals surface area contributed by atoms with Crippen molar-refractivity contribution in [2.45, 2.75) is 6.54 Å². The number of aromatic nitrogens is 2. The van der Waals surface area contributed by atoms with Crippen LogP contribution in [0.4, 0.5) is 0 Å². The summed E-state index contributed by atoms with van der Waals surface area (Å²) in [5, 5.41) is 11.4. The van der Waals surface area contributed by atoms with Gasteiger partial charge >= 0.3 is 0 Å². The lowest BCUT2D eigenvalue weighted by molar-refractivity contribution is 0.199. The van der Waals surface area contributed by atoms with Crippen molar-refractivity contribution in [2.75, 3.05) is 20.3 Å². The first-order valence-electron chi connectivity index (χ1n) is 5.89. The number of H-pyrrole nitrogens is 1. The van der Waals surface area contributed by atoms with Gasteiger partial charge in [-0.15, -0.1) is 0 Å². The van der Waals surface area contributed by atoms with Gasteiger partial charge in [0.2, 0.25) is 0 Å². The molecule has 1 aromatic carbocycles. The minimum Gasteiger partial charge on any atom is -0.383 e. The highest BCUT2D eigenvalue weighted by atomic mass is 35.5. The van der Waals surface area contributed by atoms with Crippen LogP contribution >= 0.6 is 23.2 Å². The van der Waals surface area contributed by atoms with E-state index in [9.17, 15) is 0 Å². The summed E-state index contributed by atoms with van der Waals surface area (Å²) in [4.78, 5) is 0. The zero-order chi connectivity index (χ0) is 13.7. The minimum absolute atomic E-state index is 0.534. The predicted octanol–water partition coefficient (Wildman–Crippen LogP) is 3.12. The van der Waals surface area contributed by atoms with Crippen molar-refractivity contribution in [1.82, 2.24) is 15.5 Å². The summed E-state index contributed by atoms with van der Waals surface area (Å²) >= 11 is 11.9. The SMILES string of the molecule is COCCNCc1cn[nH]c1-c1ccc(Cl)c(Cl)c1. The average molecular weight is 300 g/mol. The molecule has 102 valence electrons. The summed E-state index contributed by atoms with van der Waals surface area (Å²) in [6.07, 6.45) is 1.80. The Morgan fingerprint density at radius 3 is 2.89 bits per heavy atom. The van der Waals surface area contributed by atoms with Crippen molar-refractivity contribution in [3.63, 3.8) is 0 Å². The molecule has 2 aromatic rings. The summed E-state index contributed by atoms with van der Waals surface area (Å²) in [5.41, 5.74) is 2.99. The topological polar surface area (TPSA) is 49.9 Å². The largest absolute Gasteiger partial charge is 0.383 e. The Kier molecular flexibility index (Phi) is 5.22. The number of hydrogen-bond donors (Lipinski definition) is 2. The number of nitrogens with one attached hydrogen (secondary N) is 2. The lowest BCUT2D eigenvalue weighted by atomic mass is 10.1. The van der Waals surface area contributed by atoms with E-state index in [2.05, 4.69) is 15.5 Å². The number of methoxy groups -OCH3 is 1. The average Bonchev–Trinajstić information content (AvgIpc) is 2.86. The van der Waals surface area contributed by atoms with Crippen LogP contribution in [-0.2, 0) is 11.3 Å². The molecule has 0 spiro atoms. The Morgan fingerprint density at radius 1 is 1.32 bits per heavy atom. The van der Waals surface area contributed by atoms with Gasteiger partial charge in [-0.1, -0.05) is 29.3 Å². The van der Waals surface area contributed by atoms with E-state index >= 15 is 0 Å². The molecule has 0 saturated heterocycles. The maximum Gasteiger partial charge on any atom is 0.0695 e. The van der Waals surface area contributed by atoms with E-state index in [4.69, 9.17) is 27.9 Å². The smallest absolute Gasteiger partial charge is 0.0695 e. The third kappa shape index (κ3) is 3.70. The fourth-order valence-electron chi connectivity index (χ4n) is 1.74. The van der Waals surface area contributed by atoms with E-state index in [-0.39, 0.29) is 0 Å². The molecule has 19 heavy (non-hydrogen) atoms. The molecule has 4 nitrogen and oxygen atoms in total. The van der Waals surface area contributed by atoms with Gasteiger partial charge in [-0.05, 0) is 12.1 Å². The van der Waals surface area contributed by atoms with E-state index in [1.807, 2.05) is 12.1 Å². The molecule has 0 amide bonds. The number of aromatic amines is 1. The quantitative estimate of drug-likeness (QED) is 0.806. The zero-order valence-electron chi connectivity index (χ0n) is 10.5. The van der Waals surface area contributed by atoms with Gasteiger partial charge in [0.05, 0.1) is 28.5 Å². The molecule has 1 heterocycles. The number of halogens is 2.